The van der Waals surface area contributed by atoms with Gasteiger partial charge in [0.05, 0.1) is 12.3 Å². The number of carbonyl (C=O) groups is 3. The maximum atomic E-state index is 14.0. The molecule has 1 atom stereocenters. The second kappa shape index (κ2) is 8.37. The summed E-state index contributed by atoms with van der Waals surface area (Å²) in [7, 11) is 0. The second-order valence-corrected chi connectivity index (χ2v) is 7.13. The Bertz CT molecular complexity index is 734. The number of aliphatic carboxylic acids is 1. The first-order valence-corrected chi connectivity index (χ1v) is 9.29. The number of amides is 3. The summed E-state index contributed by atoms with van der Waals surface area (Å²) in [5, 5.41) is 11.4. The molecule has 2 N–H and O–H groups in total. The van der Waals surface area contributed by atoms with Crippen LogP contribution in [0.2, 0.25) is 0 Å². The van der Waals surface area contributed by atoms with Crippen LogP contribution >= 0.6 is 0 Å². The minimum absolute atomic E-state index is 0.00549. The maximum absolute atomic E-state index is 14.0. The van der Waals surface area contributed by atoms with Crippen LogP contribution in [-0.4, -0.2) is 59.0 Å². The molecule has 2 saturated heterocycles. The van der Waals surface area contributed by atoms with Crippen molar-refractivity contribution in [1.29, 1.82) is 0 Å². The van der Waals surface area contributed by atoms with Gasteiger partial charge in [-0.25, -0.2) is 9.18 Å². The summed E-state index contributed by atoms with van der Waals surface area (Å²) >= 11 is 0. The minimum Gasteiger partial charge on any atom is -0.481 e. The average Bonchev–Trinajstić information content (AvgIpc) is 3.18. The normalized spacial score (nSPS) is 19.8. The monoisotopic (exact) mass is 377 g/mol. The van der Waals surface area contributed by atoms with E-state index in [1.807, 2.05) is 4.90 Å². The molecule has 1 aromatic carbocycles. The van der Waals surface area contributed by atoms with Crippen molar-refractivity contribution in [2.24, 2.45) is 5.92 Å². The molecule has 3 amide bonds. The van der Waals surface area contributed by atoms with E-state index in [0.717, 1.165) is 38.4 Å². The molecule has 7 nitrogen and oxygen atoms in total. The van der Waals surface area contributed by atoms with E-state index in [1.165, 1.54) is 12.1 Å². The van der Waals surface area contributed by atoms with E-state index < -0.39 is 18.2 Å². The number of hydrogen-bond donors (Lipinski definition) is 2. The van der Waals surface area contributed by atoms with Gasteiger partial charge in [-0.05, 0) is 43.4 Å². The maximum Gasteiger partial charge on any atom is 0.320 e. The molecule has 146 valence electrons. The van der Waals surface area contributed by atoms with Gasteiger partial charge in [0, 0.05) is 31.9 Å². The van der Waals surface area contributed by atoms with Gasteiger partial charge >= 0.3 is 12.0 Å². The molecular formula is C19H24FN3O4. The highest BCUT2D eigenvalue weighted by atomic mass is 19.1. The number of rotatable bonds is 4. The predicted molar refractivity (Wildman–Crippen MR) is 96.9 cm³/mol. The zero-order valence-corrected chi connectivity index (χ0v) is 15.1. The first-order chi connectivity index (χ1) is 12.9. The van der Waals surface area contributed by atoms with Crippen molar-refractivity contribution >= 4 is 23.6 Å². The summed E-state index contributed by atoms with van der Waals surface area (Å²) in [5.74, 6) is -2.37. The number of benzene rings is 1. The molecule has 0 aliphatic carbocycles. The molecule has 3 rings (SSSR count). The largest absolute Gasteiger partial charge is 0.481 e. The van der Waals surface area contributed by atoms with Crippen molar-refractivity contribution < 1.29 is 23.9 Å². The lowest BCUT2D eigenvalue weighted by Crippen LogP contribution is -2.48. The van der Waals surface area contributed by atoms with Gasteiger partial charge in [0.2, 0.25) is 5.91 Å². The third kappa shape index (κ3) is 4.75. The summed E-state index contributed by atoms with van der Waals surface area (Å²) in [6, 6.07) is 3.99. The molecule has 0 aromatic heterocycles. The number of hydrogen-bond acceptors (Lipinski definition) is 3. The Kier molecular flexibility index (Phi) is 5.93. The molecule has 0 radical (unpaired) electrons. The smallest absolute Gasteiger partial charge is 0.320 e. The lowest BCUT2D eigenvalue weighted by atomic mass is 9.97. The third-order valence-corrected chi connectivity index (χ3v) is 5.10. The Morgan fingerprint density at radius 1 is 1.11 bits per heavy atom. The summed E-state index contributed by atoms with van der Waals surface area (Å²) in [6.07, 6.45) is 3.06. The van der Waals surface area contributed by atoms with E-state index in [-0.39, 0.29) is 29.1 Å². The number of urea groups is 1. The van der Waals surface area contributed by atoms with Crippen LogP contribution in [-0.2, 0) is 16.0 Å². The fraction of sp³-hybridized carbons (Fsp3) is 0.526. The highest BCUT2D eigenvalue weighted by Crippen LogP contribution is 2.22. The molecule has 0 spiro atoms. The lowest BCUT2D eigenvalue weighted by molar-refractivity contribution is -0.136. The molecule has 1 aromatic rings. The molecule has 0 bridgehead atoms. The van der Waals surface area contributed by atoms with Gasteiger partial charge in [0.1, 0.15) is 5.82 Å². The summed E-state index contributed by atoms with van der Waals surface area (Å²) in [6.45, 7) is 2.56. The van der Waals surface area contributed by atoms with Crippen LogP contribution in [0.3, 0.4) is 0 Å². The molecule has 27 heavy (non-hydrogen) atoms. The molecule has 2 fully saturated rings. The Labute approximate surface area is 157 Å². The van der Waals surface area contributed by atoms with Gasteiger partial charge in [-0.15, -0.1) is 0 Å². The van der Waals surface area contributed by atoms with Crippen molar-refractivity contribution in [2.75, 3.05) is 31.5 Å². The fourth-order valence-electron chi connectivity index (χ4n) is 3.65. The van der Waals surface area contributed by atoms with Gasteiger partial charge in [0.25, 0.3) is 0 Å². The number of anilines is 1. The van der Waals surface area contributed by atoms with Crippen LogP contribution < -0.4 is 5.32 Å². The van der Waals surface area contributed by atoms with Crippen molar-refractivity contribution in [3.8, 4) is 0 Å². The number of halogens is 1. The standard InChI is InChI=1S/C19H24FN3O4/c20-16-11-15(6-5-13(16)10-17(24)25)21-18(26)14-4-3-9-23(12-14)19(27)22-7-1-2-8-22/h5-6,11,14H,1-4,7-10,12H2,(H,21,26)(H,24,25). The zero-order valence-electron chi connectivity index (χ0n) is 15.1. The van der Waals surface area contributed by atoms with Crippen molar-refractivity contribution in [2.45, 2.75) is 32.1 Å². The third-order valence-electron chi connectivity index (χ3n) is 5.10. The van der Waals surface area contributed by atoms with Crippen LogP contribution in [0, 0.1) is 11.7 Å². The molecule has 1 unspecified atom stereocenters. The van der Waals surface area contributed by atoms with Gasteiger partial charge in [0.15, 0.2) is 0 Å². The number of nitrogens with zero attached hydrogens (tertiary/aromatic N) is 2. The van der Waals surface area contributed by atoms with E-state index in [4.69, 9.17) is 5.11 Å². The lowest BCUT2D eigenvalue weighted by Gasteiger charge is -2.34. The molecule has 0 saturated carbocycles. The van der Waals surface area contributed by atoms with Crippen molar-refractivity contribution in [1.82, 2.24) is 9.80 Å². The zero-order chi connectivity index (χ0) is 19.4. The van der Waals surface area contributed by atoms with Crippen molar-refractivity contribution in [3.63, 3.8) is 0 Å². The number of piperidine rings is 1. The number of likely N-dealkylation sites (tertiary alicyclic amines) is 2. The molecule has 2 aliphatic heterocycles. The van der Waals surface area contributed by atoms with E-state index in [1.54, 1.807) is 4.90 Å². The Hall–Kier alpha value is -2.64. The van der Waals surface area contributed by atoms with Crippen molar-refractivity contribution in [3.05, 3.63) is 29.6 Å². The van der Waals surface area contributed by atoms with Gasteiger partial charge in [-0.3, -0.25) is 9.59 Å². The summed E-state index contributed by atoms with van der Waals surface area (Å²) in [5.41, 5.74) is 0.357. The van der Waals surface area contributed by atoms with Crippen LogP contribution in [0.5, 0.6) is 0 Å². The van der Waals surface area contributed by atoms with Crippen LogP contribution in [0.15, 0.2) is 18.2 Å². The average molecular weight is 377 g/mol. The Morgan fingerprint density at radius 2 is 1.81 bits per heavy atom. The molecule has 2 heterocycles. The van der Waals surface area contributed by atoms with Gasteiger partial charge < -0.3 is 20.2 Å². The topological polar surface area (TPSA) is 90.0 Å². The SMILES string of the molecule is O=C(O)Cc1ccc(NC(=O)C2CCCN(C(=O)N3CCCC3)C2)cc1F. The quantitative estimate of drug-likeness (QED) is 0.843. The number of carbonyl (C=O) groups excluding carboxylic acids is 2. The number of carboxylic acids is 1. The van der Waals surface area contributed by atoms with Gasteiger partial charge in [-0.1, -0.05) is 6.07 Å². The first kappa shape index (κ1) is 19.1. The van der Waals surface area contributed by atoms with Gasteiger partial charge in [-0.2, -0.15) is 0 Å². The predicted octanol–water partition coefficient (Wildman–Crippen LogP) is 2.32. The molecule has 2 aliphatic rings. The summed E-state index contributed by atoms with van der Waals surface area (Å²) < 4.78 is 14.0. The Morgan fingerprint density at radius 3 is 2.48 bits per heavy atom. The fourth-order valence-corrected chi connectivity index (χ4v) is 3.65. The van der Waals surface area contributed by atoms with E-state index in [2.05, 4.69) is 5.32 Å². The highest BCUT2D eigenvalue weighted by molar-refractivity contribution is 5.93. The first-order valence-electron chi connectivity index (χ1n) is 9.29. The van der Waals surface area contributed by atoms with E-state index in [0.29, 0.717) is 19.5 Å². The minimum atomic E-state index is -1.12. The highest BCUT2D eigenvalue weighted by Gasteiger charge is 2.31. The summed E-state index contributed by atoms with van der Waals surface area (Å²) in [4.78, 5) is 39.3. The molecular weight excluding hydrogens is 353 g/mol. The second-order valence-electron chi connectivity index (χ2n) is 7.13. The van der Waals surface area contributed by atoms with E-state index in [9.17, 15) is 18.8 Å². The van der Waals surface area contributed by atoms with E-state index >= 15 is 0 Å². The van der Waals surface area contributed by atoms with Crippen LogP contribution in [0.25, 0.3) is 0 Å². The van der Waals surface area contributed by atoms with Crippen LogP contribution in [0.1, 0.15) is 31.2 Å². The Balaban J connectivity index is 1.59. The van der Waals surface area contributed by atoms with Crippen LogP contribution in [0.4, 0.5) is 14.9 Å². The number of nitrogens with one attached hydrogen (secondary N) is 1. The molecule has 8 heteroatoms. The number of carboxylic acid groups (broad SMARTS) is 1.